The van der Waals surface area contributed by atoms with Gasteiger partial charge in [0.05, 0.1) is 0 Å². The lowest BCUT2D eigenvalue weighted by Crippen LogP contribution is -1.98. The van der Waals surface area contributed by atoms with Crippen molar-refractivity contribution in [2.75, 3.05) is 0 Å². The van der Waals surface area contributed by atoms with Crippen molar-refractivity contribution in [1.82, 2.24) is 4.98 Å². The van der Waals surface area contributed by atoms with Crippen LogP contribution in [0.15, 0.2) is 54.9 Å². The van der Waals surface area contributed by atoms with E-state index in [4.69, 9.17) is 0 Å². The molecule has 0 unspecified atom stereocenters. The molecule has 0 bridgehead atoms. The molecule has 1 aromatic carbocycles. The Morgan fingerprint density at radius 3 is 2.78 bits per heavy atom. The number of rotatable bonds is 4. The number of hydrogen-bond donors (Lipinski definition) is 0. The van der Waals surface area contributed by atoms with Gasteiger partial charge >= 0.3 is 0 Å². The van der Waals surface area contributed by atoms with Crippen LogP contribution in [0.2, 0.25) is 0 Å². The van der Waals surface area contributed by atoms with Crippen LogP contribution in [-0.2, 0) is 11.2 Å². The maximum atomic E-state index is 11.8. The van der Waals surface area contributed by atoms with Gasteiger partial charge in [0.1, 0.15) is 0 Å². The second-order valence-corrected chi connectivity index (χ2v) is 4.19. The topological polar surface area (TPSA) is 30.0 Å². The van der Waals surface area contributed by atoms with Gasteiger partial charge in [-0.1, -0.05) is 36.4 Å². The third kappa shape index (κ3) is 3.39. The van der Waals surface area contributed by atoms with E-state index in [2.05, 4.69) is 4.98 Å². The zero-order valence-electron chi connectivity index (χ0n) is 10.3. The summed E-state index contributed by atoms with van der Waals surface area (Å²) in [6, 6.07) is 11.7. The highest BCUT2D eigenvalue weighted by Crippen LogP contribution is 2.09. The number of hydrogen-bond acceptors (Lipinski definition) is 2. The van der Waals surface area contributed by atoms with E-state index >= 15 is 0 Å². The quantitative estimate of drug-likeness (QED) is 0.764. The largest absolute Gasteiger partial charge is 0.294 e. The van der Waals surface area contributed by atoms with Gasteiger partial charge in [0.2, 0.25) is 0 Å². The molecule has 2 nitrogen and oxygen atoms in total. The average Bonchev–Trinajstić information content (AvgIpc) is 2.39. The normalized spacial score (nSPS) is 10.7. The highest BCUT2D eigenvalue weighted by molar-refractivity contribution is 5.95. The second kappa shape index (κ2) is 5.92. The first-order valence-corrected chi connectivity index (χ1v) is 5.91. The Morgan fingerprint density at radius 1 is 1.22 bits per heavy atom. The molecule has 0 aliphatic rings. The fraction of sp³-hybridized carbons (Fsp3) is 0.125. The summed E-state index contributed by atoms with van der Waals surface area (Å²) < 4.78 is 0. The lowest BCUT2D eigenvalue weighted by atomic mass is 10.1. The van der Waals surface area contributed by atoms with Crippen molar-refractivity contribution >= 4 is 11.9 Å². The summed E-state index contributed by atoms with van der Waals surface area (Å²) in [6.07, 6.45) is 7.33. The number of carbonyl (C=O) groups excluding carboxylic acids is 1. The number of aryl methyl sites for hydroxylation is 1. The summed E-state index contributed by atoms with van der Waals surface area (Å²) >= 11 is 0. The monoisotopic (exact) mass is 237 g/mol. The second-order valence-electron chi connectivity index (χ2n) is 4.19. The van der Waals surface area contributed by atoms with Crippen molar-refractivity contribution < 1.29 is 4.79 Å². The summed E-state index contributed by atoms with van der Waals surface area (Å²) in [6.45, 7) is 2.03. The van der Waals surface area contributed by atoms with Gasteiger partial charge in [0.25, 0.3) is 0 Å². The van der Waals surface area contributed by atoms with E-state index in [1.807, 2.05) is 49.4 Å². The standard InChI is InChI=1S/C16H15NO/c1-13-5-2-3-7-15(13)8-9-16(18)11-14-6-4-10-17-12-14/h2-10,12H,11H2,1H3. The van der Waals surface area contributed by atoms with Crippen LogP contribution in [0.4, 0.5) is 0 Å². The minimum absolute atomic E-state index is 0.0891. The Labute approximate surface area is 107 Å². The third-order valence-electron chi connectivity index (χ3n) is 2.74. The van der Waals surface area contributed by atoms with E-state index in [0.717, 1.165) is 11.1 Å². The zero-order chi connectivity index (χ0) is 12.8. The summed E-state index contributed by atoms with van der Waals surface area (Å²) in [7, 11) is 0. The van der Waals surface area contributed by atoms with E-state index in [0.29, 0.717) is 6.42 Å². The zero-order valence-corrected chi connectivity index (χ0v) is 10.3. The number of benzene rings is 1. The van der Waals surface area contributed by atoms with E-state index < -0.39 is 0 Å². The molecule has 2 rings (SSSR count). The molecule has 1 heterocycles. The van der Waals surface area contributed by atoms with Crippen LogP contribution in [0, 0.1) is 6.92 Å². The van der Waals surface area contributed by atoms with E-state index in [9.17, 15) is 4.79 Å². The van der Waals surface area contributed by atoms with Crippen molar-refractivity contribution in [3.05, 3.63) is 71.6 Å². The first-order chi connectivity index (χ1) is 8.75. The molecule has 0 amide bonds. The van der Waals surface area contributed by atoms with Gasteiger partial charge in [0.15, 0.2) is 5.78 Å². The molecular weight excluding hydrogens is 222 g/mol. The Hall–Kier alpha value is -2.22. The third-order valence-corrected chi connectivity index (χ3v) is 2.74. The predicted octanol–water partition coefficient (Wildman–Crippen LogP) is 3.22. The Kier molecular flexibility index (Phi) is 4.02. The molecule has 0 spiro atoms. The number of ketones is 1. The van der Waals surface area contributed by atoms with Gasteiger partial charge in [0, 0.05) is 18.8 Å². The lowest BCUT2D eigenvalue weighted by molar-refractivity contribution is -0.113. The van der Waals surface area contributed by atoms with Crippen LogP contribution in [0.25, 0.3) is 6.08 Å². The molecule has 90 valence electrons. The van der Waals surface area contributed by atoms with Crippen molar-refractivity contribution in [3.8, 4) is 0 Å². The van der Waals surface area contributed by atoms with Gasteiger partial charge in [-0.3, -0.25) is 9.78 Å². The SMILES string of the molecule is Cc1ccccc1C=CC(=O)Cc1cccnc1. The number of allylic oxidation sites excluding steroid dienone is 1. The molecule has 0 saturated carbocycles. The molecule has 0 radical (unpaired) electrons. The molecule has 1 aromatic heterocycles. The van der Waals surface area contributed by atoms with Crippen LogP contribution in [0.1, 0.15) is 16.7 Å². The maximum absolute atomic E-state index is 11.8. The summed E-state index contributed by atoms with van der Waals surface area (Å²) in [5.74, 6) is 0.0891. The summed E-state index contributed by atoms with van der Waals surface area (Å²) in [5.41, 5.74) is 3.19. The first kappa shape index (κ1) is 12.2. The van der Waals surface area contributed by atoms with Gasteiger partial charge in [-0.2, -0.15) is 0 Å². The lowest BCUT2D eigenvalue weighted by Gasteiger charge is -1.99. The van der Waals surface area contributed by atoms with E-state index in [1.165, 1.54) is 5.56 Å². The fourth-order valence-electron chi connectivity index (χ4n) is 1.72. The smallest absolute Gasteiger partial charge is 0.160 e. The first-order valence-electron chi connectivity index (χ1n) is 5.91. The Bertz CT molecular complexity index is 558. The number of aromatic nitrogens is 1. The maximum Gasteiger partial charge on any atom is 0.160 e. The van der Waals surface area contributed by atoms with Crippen molar-refractivity contribution in [2.45, 2.75) is 13.3 Å². The van der Waals surface area contributed by atoms with Crippen LogP contribution in [0.3, 0.4) is 0 Å². The van der Waals surface area contributed by atoms with Gasteiger partial charge in [-0.05, 0) is 35.8 Å². The van der Waals surface area contributed by atoms with E-state index in [-0.39, 0.29) is 5.78 Å². The predicted molar refractivity (Wildman–Crippen MR) is 73.2 cm³/mol. The Morgan fingerprint density at radius 2 is 2.06 bits per heavy atom. The summed E-state index contributed by atoms with van der Waals surface area (Å²) in [4.78, 5) is 15.8. The fourth-order valence-corrected chi connectivity index (χ4v) is 1.72. The molecule has 0 saturated heterocycles. The van der Waals surface area contributed by atoms with E-state index in [1.54, 1.807) is 18.5 Å². The highest BCUT2D eigenvalue weighted by Gasteiger charge is 1.99. The number of nitrogens with zero attached hydrogens (tertiary/aromatic N) is 1. The van der Waals surface area contributed by atoms with Crippen LogP contribution in [-0.4, -0.2) is 10.8 Å². The minimum atomic E-state index is 0.0891. The number of carbonyl (C=O) groups is 1. The molecule has 0 N–H and O–H groups in total. The molecular formula is C16H15NO. The van der Waals surface area contributed by atoms with Crippen LogP contribution in [0.5, 0.6) is 0 Å². The van der Waals surface area contributed by atoms with Gasteiger partial charge < -0.3 is 0 Å². The Balaban J connectivity index is 2.02. The molecule has 0 fully saturated rings. The molecule has 2 heteroatoms. The molecule has 0 atom stereocenters. The van der Waals surface area contributed by atoms with Crippen molar-refractivity contribution in [2.24, 2.45) is 0 Å². The van der Waals surface area contributed by atoms with Crippen molar-refractivity contribution in [3.63, 3.8) is 0 Å². The van der Waals surface area contributed by atoms with Crippen LogP contribution >= 0.6 is 0 Å². The summed E-state index contributed by atoms with van der Waals surface area (Å²) in [5, 5.41) is 0. The van der Waals surface area contributed by atoms with Crippen molar-refractivity contribution in [1.29, 1.82) is 0 Å². The van der Waals surface area contributed by atoms with Crippen LogP contribution < -0.4 is 0 Å². The molecule has 2 aromatic rings. The molecule has 0 aliphatic heterocycles. The number of pyridine rings is 1. The molecule has 0 aliphatic carbocycles. The molecule has 18 heavy (non-hydrogen) atoms. The van der Waals surface area contributed by atoms with Gasteiger partial charge in [-0.25, -0.2) is 0 Å². The average molecular weight is 237 g/mol. The van der Waals surface area contributed by atoms with Gasteiger partial charge in [-0.15, -0.1) is 0 Å². The highest BCUT2D eigenvalue weighted by atomic mass is 16.1. The minimum Gasteiger partial charge on any atom is -0.294 e.